The quantitative estimate of drug-likeness (QED) is 0.756. The Bertz CT molecular complexity index is 844. The summed E-state index contributed by atoms with van der Waals surface area (Å²) in [5.41, 5.74) is -2.89. The van der Waals surface area contributed by atoms with Crippen molar-refractivity contribution in [1.82, 2.24) is 4.72 Å². The molecule has 0 saturated heterocycles. The van der Waals surface area contributed by atoms with Crippen LogP contribution in [-0.2, 0) is 22.4 Å². The van der Waals surface area contributed by atoms with E-state index in [-0.39, 0.29) is 18.2 Å². The molecule has 0 heterocycles. The third kappa shape index (κ3) is 4.76. The summed E-state index contributed by atoms with van der Waals surface area (Å²) in [6.07, 6.45) is -10.3. The van der Waals surface area contributed by atoms with Gasteiger partial charge in [0.25, 0.3) is 0 Å². The van der Waals surface area contributed by atoms with Crippen molar-refractivity contribution < 1.29 is 34.8 Å². The number of rotatable bonds is 4. The van der Waals surface area contributed by atoms with Gasteiger partial charge in [-0.2, -0.15) is 26.3 Å². The predicted octanol–water partition coefficient (Wildman–Crippen LogP) is 4.76. The summed E-state index contributed by atoms with van der Waals surface area (Å²) in [6, 6.07) is 7.42. The topological polar surface area (TPSA) is 46.2 Å². The third-order valence-corrected chi connectivity index (χ3v) is 5.02. The molecular weight excluding hydrogens is 384 g/mol. The normalized spacial score (nSPS) is 14.3. The standard InChI is InChI=1S/C16H13F6NO2S/c1-10(11-5-3-2-4-6-11)23-26(24,25)14-8-12(15(17,18)19)7-13(9-14)16(20,21)22/h2-10,23H,1H3. The minimum Gasteiger partial charge on any atom is -0.207 e. The number of sulfonamides is 1. The molecule has 0 radical (unpaired) electrons. The van der Waals surface area contributed by atoms with Crippen LogP contribution >= 0.6 is 0 Å². The average Bonchev–Trinajstić information content (AvgIpc) is 2.53. The Kier molecular flexibility index (Phi) is 5.39. The zero-order chi connectivity index (χ0) is 19.8. The van der Waals surface area contributed by atoms with E-state index in [0.29, 0.717) is 5.56 Å². The van der Waals surface area contributed by atoms with Gasteiger partial charge in [0.1, 0.15) is 0 Å². The van der Waals surface area contributed by atoms with Crippen molar-refractivity contribution in [2.24, 2.45) is 0 Å². The van der Waals surface area contributed by atoms with Crippen LogP contribution < -0.4 is 4.72 Å². The van der Waals surface area contributed by atoms with Crippen LogP contribution in [0.15, 0.2) is 53.4 Å². The highest BCUT2D eigenvalue weighted by Gasteiger charge is 2.38. The lowest BCUT2D eigenvalue weighted by Crippen LogP contribution is -2.27. The SMILES string of the molecule is CC(NS(=O)(=O)c1cc(C(F)(F)F)cc(C(F)(F)F)c1)c1ccccc1. The van der Waals surface area contributed by atoms with Gasteiger partial charge < -0.3 is 0 Å². The van der Waals surface area contributed by atoms with Crippen molar-refractivity contribution in [2.75, 3.05) is 0 Å². The maximum atomic E-state index is 12.9. The summed E-state index contributed by atoms with van der Waals surface area (Å²) < 4.78 is 104. The van der Waals surface area contributed by atoms with E-state index in [4.69, 9.17) is 0 Å². The molecule has 0 bridgehead atoms. The van der Waals surface area contributed by atoms with Gasteiger partial charge in [-0.1, -0.05) is 30.3 Å². The Morgan fingerprint density at radius 3 is 1.73 bits per heavy atom. The molecule has 0 aliphatic carbocycles. The maximum absolute atomic E-state index is 12.9. The Morgan fingerprint density at radius 1 is 0.846 bits per heavy atom. The van der Waals surface area contributed by atoms with E-state index in [9.17, 15) is 34.8 Å². The first kappa shape index (κ1) is 20.2. The van der Waals surface area contributed by atoms with E-state index >= 15 is 0 Å². The number of hydrogen-bond donors (Lipinski definition) is 1. The zero-order valence-electron chi connectivity index (χ0n) is 13.2. The van der Waals surface area contributed by atoms with E-state index < -0.39 is 44.4 Å². The highest BCUT2D eigenvalue weighted by atomic mass is 32.2. The van der Waals surface area contributed by atoms with Gasteiger partial charge >= 0.3 is 12.4 Å². The van der Waals surface area contributed by atoms with Gasteiger partial charge in [-0.25, -0.2) is 13.1 Å². The smallest absolute Gasteiger partial charge is 0.207 e. The van der Waals surface area contributed by atoms with Gasteiger partial charge in [-0.05, 0) is 30.7 Å². The molecule has 0 aliphatic heterocycles. The van der Waals surface area contributed by atoms with Crippen LogP contribution in [0, 0.1) is 0 Å². The summed E-state index contributed by atoms with van der Waals surface area (Å²) in [5.74, 6) is 0. The first-order chi connectivity index (χ1) is 11.8. The van der Waals surface area contributed by atoms with Crippen LogP contribution in [0.5, 0.6) is 0 Å². The van der Waals surface area contributed by atoms with Crippen LogP contribution in [-0.4, -0.2) is 8.42 Å². The predicted molar refractivity (Wildman–Crippen MR) is 81.6 cm³/mol. The van der Waals surface area contributed by atoms with Crippen LogP contribution in [0.25, 0.3) is 0 Å². The monoisotopic (exact) mass is 397 g/mol. The number of alkyl halides is 6. The van der Waals surface area contributed by atoms with Crippen LogP contribution in [0.3, 0.4) is 0 Å². The van der Waals surface area contributed by atoms with Crippen LogP contribution in [0.2, 0.25) is 0 Å². The van der Waals surface area contributed by atoms with Gasteiger partial charge in [0.2, 0.25) is 10.0 Å². The molecule has 10 heteroatoms. The molecule has 3 nitrogen and oxygen atoms in total. The van der Waals surface area contributed by atoms with E-state index in [1.165, 1.54) is 6.92 Å². The van der Waals surface area contributed by atoms with Crippen LogP contribution in [0.4, 0.5) is 26.3 Å². The second kappa shape index (κ2) is 6.92. The molecule has 1 atom stereocenters. The molecule has 26 heavy (non-hydrogen) atoms. The Hall–Kier alpha value is -2.07. The Morgan fingerprint density at radius 2 is 1.31 bits per heavy atom. The van der Waals surface area contributed by atoms with E-state index in [2.05, 4.69) is 4.72 Å². The lowest BCUT2D eigenvalue weighted by molar-refractivity contribution is -0.143. The minimum absolute atomic E-state index is 0.125. The molecule has 0 spiro atoms. The minimum atomic E-state index is -5.13. The van der Waals surface area contributed by atoms with Crippen molar-refractivity contribution in [3.63, 3.8) is 0 Å². The lowest BCUT2D eigenvalue weighted by atomic mass is 10.1. The summed E-state index contributed by atoms with van der Waals surface area (Å²) in [7, 11) is -4.62. The van der Waals surface area contributed by atoms with Crippen LogP contribution in [0.1, 0.15) is 29.7 Å². The summed E-state index contributed by atoms with van der Waals surface area (Å²) in [6.45, 7) is 1.42. The second-order valence-electron chi connectivity index (χ2n) is 5.50. The Balaban J connectivity index is 2.48. The molecule has 1 N–H and O–H groups in total. The van der Waals surface area contributed by atoms with Crippen molar-refractivity contribution in [3.8, 4) is 0 Å². The second-order valence-corrected chi connectivity index (χ2v) is 7.21. The largest absolute Gasteiger partial charge is 0.416 e. The summed E-state index contributed by atoms with van der Waals surface area (Å²) >= 11 is 0. The molecule has 142 valence electrons. The van der Waals surface area contributed by atoms with Crippen molar-refractivity contribution in [1.29, 1.82) is 0 Å². The number of nitrogens with one attached hydrogen (secondary N) is 1. The first-order valence-electron chi connectivity index (χ1n) is 7.17. The average molecular weight is 397 g/mol. The molecule has 0 aromatic heterocycles. The molecule has 0 amide bonds. The molecule has 0 aliphatic rings. The number of hydrogen-bond acceptors (Lipinski definition) is 2. The van der Waals surface area contributed by atoms with E-state index in [0.717, 1.165) is 0 Å². The lowest BCUT2D eigenvalue weighted by Gasteiger charge is -2.17. The molecule has 2 aromatic carbocycles. The molecule has 2 rings (SSSR count). The highest BCUT2D eigenvalue weighted by molar-refractivity contribution is 7.89. The van der Waals surface area contributed by atoms with Gasteiger partial charge in [-0.3, -0.25) is 0 Å². The fourth-order valence-corrected chi connectivity index (χ4v) is 3.49. The van der Waals surface area contributed by atoms with Gasteiger partial charge in [-0.15, -0.1) is 0 Å². The zero-order valence-corrected chi connectivity index (χ0v) is 14.0. The van der Waals surface area contributed by atoms with Crippen molar-refractivity contribution in [3.05, 3.63) is 65.2 Å². The van der Waals surface area contributed by atoms with E-state index in [1.807, 2.05) is 0 Å². The molecule has 0 saturated carbocycles. The highest BCUT2D eigenvalue weighted by Crippen LogP contribution is 2.37. The van der Waals surface area contributed by atoms with Gasteiger partial charge in [0.15, 0.2) is 0 Å². The van der Waals surface area contributed by atoms with Gasteiger partial charge in [0.05, 0.1) is 16.0 Å². The van der Waals surface area contributed by atoms with Gasteiger partial charge in [0, 0.05) is 6.04 Å². The van der Waals surface area contributed by atoms with Crippen molar-refractivity contribution >= 4 is 10.0 Å². The van der Waals surface area contributed by atoms with E-state index in [1.54, 1.807) is 30.3 Å². The number of halogens is 6. The molecular formula is C16H13F6NO2S. The molecule has 0 fully saturated rings. The fourth-order valence-electron chi connectivity index (χ4n) is 2.19. The van der Waals surface area contributed by atoms with Crippen molar-refractivity contribution in [2.45, 2.75) is 30.2 Å². The molecule has 1 unspecified atom stereocenters. The summed E-state index contributed by atoms with van der Waals surface area (Å²) in [4.78, 5) is -1.11. The number of benzene rings is 2. The molecule has 2 aromatic rings. The first-order valence-corrected chi connectivity index (χ1v) is 8.66. The summed E-state index contributed by atoms with van der Waals surface area (Å²) in [5, 5.41) is 0. The third-order valence-electron chi connectivity index (χ3n) is 3.50. The Labute approximate surface area is 145 Å². The fraction of sp³-hybridized carbons (Fsp3) is 0.250. The maximum Gasteiger partial charge on any atom is 0.416 e.